The highest BCUT2D eigenvalue weighted by Gasteiger charge is 2.07. The fourth-order valence-corrected chi connectivity index (χ4v) is 3.92. The average Bonchev–Trinajstić information content (AvgIpc) is 3.33. The number of aliphatic hydroxyl groups excluding tert-OH is 1. The van der Waals surface area contributed by atoms with E-state index in [-0.39, 0.29) is 6.61 Å². The van der Waals surface area contributed by atoms with Crippen LogP contribution < -0.4 is 0 Å². The van der Waals surface area contributed by atoms with Gasteiger partial charge in [0.2, 0.25) is 0 Å². The van der Waals surface area contributed by atoms with E-state index in [1.807, 2.05) is 13.0 Å². The van der Waals surface area contributed by atoms with Crippen molar-refractivity contribution in [3.05, 3.63) is 82.4 Å². The van der Waals surface area contributed by atoms with Gasteiger partial charge in [0.05, 0.1) is 16.4 Å². The van der Waals surface area contributed by atoms with Crippen LogP contribution in [-0.2, 0) is 13.0 Å². The number of hydrogen-bond donors (Lipinski definition) is 1. The largest absolute Gasteiger partial charge is 0.397 e. The van der Waals surface area contributed by atoms with E-state index in [2.05, 4.69) is 76.7 Å². The molecule has 0 aliphatic rings. The van der Waals surface area contributed by atoms with Crippen LogP contribution in [0.4, 0.5) is 0 Å². The second-order valence-electron chi connectivity index (χ2n) is 6.79. The molecule has 0 aliphatic carbocycles. The molecule has 0 unspecified atom stereocenters. The molecule has 2 aromatic carbocycles. The Morgan fingerprint density at radius 1 is 0.931 bits per heavy atom. The van der Waals surface area contributed by atoms with Crippen LogP contribution in [0.2, 0.25) is 0 Å². The Morgan fingerprint density at radius 3 is 2.17 bits per heavy atom. The molecular formula is C24H27N3OS. The summed E-state index contributed by atoms with van der Waals surface area (Å²) in [4.78, 5) is 4.81. The summed E-state index contributed by atoms with van der Waals surface area (Å²) in [6.45, 7) is 6.94. The Bertz CT molecular complexity index is 1020. The van der Waals surface area contributed by atoms with E-state index >= 15 is 0 Å². The van der Waals surface area contributed by atoms with E-state index in [4.69, 9.17) is 10.1 Å². The predicted molar refractivity (Wildman–Crippen MR) is 121 cm³/mol. The third-order valence-electron chi connectivity index (χ3n) is 4.48. The van der Waals surface area contributed by atoms with Gasteiger partial charge in [0.15, 0.2) is 0 Å². The smallest absolute Gasteiger partial charge is 0.0951 e. The minimum atomic E-state index is 0.250. The molecule has 4 rings (SSSR count). The summed E-state index contributed by atoms with van der Waals surface area (Å²) in [5.41, 5.74) is 6.96. The van der Waals surface area contributed by atoms with Crippen molar-refractivity contribution in [3.63, 3.8) is 0 Å². The molecule has 0 amide bonds. The second kappa shape index (κ2) is 10.1. The summed E-state index contributed by atoms with van der Waals surface area (Å²) in [5, 5.41) is 15.4. The van der Waals surface area contributed by atoms with Crippen molar-refractivity contribution in [2.24, 2.45) is 0 Å². The molecular weight excluding hydrogens is 378 g/mol. The summed E-state index contributed by atoms with van der Waals surface area (Å²) < 4.78 is 2.06. The minimum Gasteiger partial charge on any atom is -0.397 e. The molecule has 0 aliphatic heterocycles. The second-order valence-corrected chi connectivity index (χ2v) is 7.73. The zero-order chi connectivity index (χ0) is 20.6. The van der Waals surface area contributed by atoms with Gasteiger partial charge in [0.25, 0.3) is 0 Å². The summed E-state index contributed by atoms with van der Waals surface area (Å²) in [5.74, 6) is 0. The van der Waals surface area contributed by atoms with Crippen LogP contribution in [0.25, 0.3) is 22.4 Å². The maximum Gasteiger partial charge on any atom is 0.0951 e. The summed E-state index contributed by atoms with van der Waals surface area (Å²) in [7, 11) is 0. The number of aromatic nitrogens is 3. The van der Waals surface area contributed by atoms with Crippen LogP contribution in [-0.4, -0.2) is 26.5 Å². The van der Waals surface area contributed by atoms with Gasteiger partial charge in [0.1, 0.15) is 0 Å². The van der Waals surface area contributed by atoms with Gasteiger partial charge in [-0.15, -0.1) is 11.3 Å². The number of hydrogen-bond acceptors (Lipinski definition) is 4. The molecule has 2 heterocycles. The first kappa shape index (κ1) is 21.0. The fourth-order valence-electron chi connectivity index (χ4n) is 3.13. The third-order valence-corrected chi connectivity index (χ3v) is 5.39. The average molecular weight is 406 g/mol. The molecule has 0 saturated carbocycles. The van der Waals surface area contributed by atoms with Crippen molar-refractivity contribution in [3.8, 4) is 22.4 Å². The van der Waals surface area contributed by atoms with E-state index < -0.39 is 0 Å². The van der Waals surface area contributed by atoms with Crippen molar-refractivity contribution in [1.82, 2.24) is 14.8 Å². The van der Waals surface area contributed by atoms with Crippen molar-refractivity contribution in [2.75, 3.05) is 6.61 Å². The summed E-state index contributed by atoms with van der Waals surface area (Å²) in [6, 6.07) is 21.2. The van der Waals surface area contributed by atoms with Gasteiger partial charge in [-0.1, -0.05) is 54.6 Å². The number of nitrogens with zero attached hydrogens (tertiary/aromatic N) is 3. The Kier molecular flexibility index (Phi) is 7.33. The Morgan fingerprint density at radius 2 is 1.55 bits per heavy atom. The van der Waals surface area contributed by atoms with Gasteiger partial charge in [-0.3, -0.25) is 4.68 Å². The highest BCUT2D eigenvalue weighted by atomic mass is 32.1. The summed E-state index contributed by atoms with van der Waals surface area (Å²) in [6.07, 6.45) is 0.911. The standard InChI is InChI=1S/C22H21N3S.C2H6O/c1-16-14-17(2)25(24-16)13-12-22-23-21(15-26-22)20-10-8-19(9-11-20)18-6-4-3-5-7-18;1-2-3/h3-11,14-15H,12-13H2,1-2H3;3H,2H2,1H3. The quantitative estimate of drug-likeness (QED) is 0.475. The Labute approximate surface area is 176 Å². The number of rotatable bonds is 5. The van der Waals surface area contributed by atoms with Crippen molar-refractivity contribution >= 4 is 11.3 Å². The first-order valence-corrected chi connectivity index (χ1v) is 10.7. The van der Waals surface area contributed by atoms with Gasteiger partial charge in [-0.25, -0.2) is 4.98 Å². The van der Waals surface area contributed by atoms with Crippen molar-refractivity contribution in [2.45, 2.75) is 33.7 Å². The van der Waals surface area contributed by atoms with Gasteiger partial charge < -0.3 is 5.11 Å². The van der Waals surface area contributed by atoms with E-state index in [9.17, 15) is 0 Å². The third kappa shape index (κ3) is 5.62. The maximum atomic E-state index is 7.57. The van der Waals surface area contributed by atoms with Crippen LogP contribution in [0, 0.1) is 13.8 Å². The molecule has 150 valence electrons. The van der Waals surface area contributed by atoms with Gasteiger partial charge in [-0.05, 0) is 38.0 Å². The lowest BCUT2D eigenvalue weighted by Crippen LogP contribution is -2.05. The lowest BCUT2D eigenvalue weighted by molar-refractivity contribution is 0.318. The zero-order valence-electron chi connectivity index (χ0n) is 17.2. The van der Waals surface area contributed by atoms with Crippen LogP contribution in [0.15, 0.2) is 66.0 Å². The molecule has 0 radical (unpaired) electrons. The van der Waals surface area contributed by atoms with Crippen molar-refractivity contribution in [1.29, 1.82) is 0 Å². The molecule has 0 fully saturated rings. The molecule has 0 saturated heterocycles. The Balaban J connectivity index is 0.000000755. The highest BCUT2D eigenvalue weighted by Crippen LogP contribution is 2.26. The topological polar surface area (TPSA) is 50.9 Å². The SMILES string of the molecule is CCO.Cc1cc(C)n(CCc2nc(-c3ccc(-c4ccccc4)cc3)cs2)n1. The first-order valence-electron chi connectivity index (χ1n) is 9.83. The lowest BCUT2D eigenvalue weighted by Gasteiger charge is -2.03. The molecule has 4 aromatic rings. The number of benzene rings is 2. The fraction of sp³-hybridized carbons (Fsp3) is 0.250. The summed E-state index contributed by atoms with van der Waals surface area (Å²) >= 11 is 1.72. The molecule has 0 spiro atoms. The van der Waals surface area contributed by atoms with Gasteiger partial charge in [-0.2, -0.15) is 5.10 Å². The van der Waals surface area contributed by atoms with Crippen molar-refractivity contribution < 1.29 is 5.11 Å². The highest BCUT2D eigenvalue weighted by molar-refractivity contribution is 7.09. The number of aliphatic hydroxyl groups is 1. The lowest BCUT2D eigenvalue weighted by atomic mass is 10.0. The minimum absolute atomic E-state index is 0.250. The normalized spacial score (nSPS) is 10.5. The monoisotopic (exact) mass is 405 g/mol. The number of thiazole rings is 1. The van der Waals surface area contributed by atoms with E-state index in [0.717, 1.165) is 29.4 Å². The molecule has 0 bridgehead atoms. The van der Waals surface area contributed by atoms with Crippen LogP contribution in [0.3, 0.4) is 0 Å². The molecule has 1 N–H and O–H groups in total. The van der Waals surface area contributed by atoms with Gasteiger partial charge >= 0.3 is 0 Å². The van der Waals surface area contributed by atoms with E-state index in [1.165, 1.54) is 22.4 Å². The molecule has 2 aromatic heterocycles. The molecule has 29 heavy (non-hydrogen) atoms. The maximum absolute atomic E-state index is 7.57. The zero-order valence-corrected chi connectivity index (χ0v) is 18.0. The van der Waals surface area contributed by atoms with E-state index in [1.54, 1.807) is 18.3 Å². The van der Waals surface area contributed by atoms with Crippen LogP contribution >= 0.6 is 11.3 Å². The number of aryl methyl sites for hydroxylation is 4. The molecule has 4 nitrogen and oxygen atoms in total. The first-order chi connectivity index (χ1) is 14.1. The molecule has 0 atom stereocenters. The molecule has 5 heteroatoms. The van der Waals surface area contributed by atoms with Crippen LogP contribution in [0.5, 0.6) is 0 Å². The predicted octanol–water partition coefficient (Wildman–Crippen LogP) is 5.53. The van der Waals surface area contributed by atoms with Gasteiger partial charge in [0, 0.05) is 36.2 Å². The van der Waals surface area contributed by atoms with Crippen LogP contribution in [0.1, 0.15) is 23.3 Å². The Hall–Kier alpha value is -2.76. The van der Waals surface area contributed by atoms with E-state index in [0.29, 0.717) is 0 Å².